The van der Waals surface area contributed by atoms with E-state index in [1.165, 1.54) is 0 Å². The molecule has 0 radical (unpaired) electrons. The summed E-state index contributed by atoms with van der Waals surface area (Å²) >= 11 is 0. The number of methoxy groups -OCH3 is 1. The quantitative estimate of drug-likeness (QED) is 0.874. The first-order chi connectivity index (χ1) is 8.28. The summed E-state index contributed by atoms with van der Waals surface area (Å²) in [7, 11) is 1.68. The molecular formula is C14H16N2O. The predicted molar refractivity (Wildman–Crippen MR) is 70.4 cm³/mol. The lowest BCUT2D eigenvalue weighted by molar-refractivity contribution is 0.186. The molecule has 0 saturated carbocycles. The minimum atomic E-state index is 0.519. The lowest BCUT2D eigenvalue weighted by Crippen LogP contribution is -2.00. The summed E-state index contributed by atoms with van der Waals surface area (Å²) < 4.78 is 5.19. The first-order valence-corrected chi connectivity index (χ1v) is 5.51. The van der Waals surface area contributed by atoms with Gasteiger partial charge in [-0.15, -0.1) is 0 Å². The first kappa shape index (κ1) is 11.8. The summed E-state index contributed by atoms with van der Waals surface area (Å²) in [6.07, 6.45) is 3.61. The Morgan fingerprint density at radius 1 is 1.41 bits per heavy atom. The van der Waals surface area contributed by atoms with Crippen LogP contribution in [0.5, 0.6) is 0 Å². The summed E-state index contributed by atoms with van der Waals surface area (Å²) in [4.78, 5) is 4.45. The van der Waals surface area contributed by atoms with Gasteiger partial charge in [-0.3, -0.25) is 4.98 Å². The fourth-order valence-electron chi connectivity index (χ4n) is 1.91. The maximum Gasteiger partial charge on any atom is 0.0757 e. The number of nitrogens with zero attached hydrogens (tertiary/aromatic N) is 1. The minimum Gasteiger partial charge on any atom is -0.380 e. The largest absolute Gasteiger partial charge is 0.380 e. The Morgan fingerprint density at radius 3 is 2.88 bits per heavy atom. The molecule has 17 heavy (non-hydrogen) atoms. The molecule has 0 aliphatic heterocycles. The van der Waals surface area contributed by atoms with Gasteiger partial charge in [-0.25, -0.2) is 0 Å². The van der Waals surface area contributed by atoms with Crippen molar-refractivity contribution in [2.24, 2.45) is 5.73 Å². The number of pyridine rings is 1. The van der Waals surface area contributed by atoms with E-state index in [2.05, 4.69) is 23.7 Å². The first-order valence-electron chi connectivity index (χ1n) is 5.51. The molecule has 1 aromatic carbocycles. The van der Waals surface area contributed by atoms with Crippen molar-refractivity contribution in [1.82, 2.24) is 4.98 Å². The van der Waals surface area contributed by atoms with E-state index in [-0.39, 0.29) is 0 Å². The van der Waals surface area contributed by atoms with Crippen molar-refractivity contribution in [1.29, 1.82) is 0 Å². The topological polar surface area (TPSA) is 48.1 Å². The number of aromatic nitrogens is 1. The van der Waals surface area contributed by atoms with Gasteiger partial charge in [-0.05, 0) is 23.3 Å². The van der Waals surface area contributed by atoms with Gasteiger partial charge in [0.25, 0.3) is 0 Å². The molecule has 0 saturated heterocycles. The number of rotatable bonds is 4. The highest BCUT2D eigenvalue weighted by Gasteiger charge is 2.05. The molecule has 2 aromatic rings. The summed E-state index contributed by atoms with van der Waals surface area (Å²) in [6.45, 7) is 4.81. The highest BCUT2D eigenvalue weighted by Crippen LogP contribution is 2.21. The van der Waals surface area contributed by atoms with Gasteiger partial charge < -0.3 is 10.5 Å². The molecule has 0 unspecified atom stereocenters. The van der Waals surface area contributed by atoms with Crippen LogP contribution in [-0.4, -0.2) is 12.1 Å². The second-order valence-corrected chi connectivity index (χ2v) is 3.94. The van der Waals surface area contributed by atoms with Crippen LogP contribution in [0.1, 0.15) is 16.7 Å². The number of hydrogen-bond donors (Lipinski definition) is 1. The Bertz CT molecular complexity index is 549. The molecule has 0 atom stereocenters. The Labute approximate surface area is 101 Å². The molecule has 2 N–H and O–H groups in total. The van der Waals surface area contributed by atoms with Crippen LogP contribution in [0.3, 0.4) is 0 Å². The molecule has 3 heteroatoms. The van der Waals surface area contributed by atoms with Crippen LogP contribution in [0.2, 0.25) is 0 Å². The molecule has 0 spiro atoms. The third-order valence-corrected chi connectivity index (χ3v) is 2.71. The second-order valence-electron chi connectivity index (χ2n) is 3.94. The van der Waals surface area contributed by atoms with Crippen molar-refractivity contribution in [3.8, 4) is 0 Å². The Kier molecular flexibility index (Phi) is 3.52. The molecular weight excluding hydrogens is 212 g/mol. The predicted octanol–water partition coefficient (Wildman–Crippen LogP) is 2.48. The van der Waals surface area contributed by atoms with Crippen molar-refractivity contribution in [2.45, 2.75) is 13.2 Å². The Morgan fingerprint density at radius 2 is 2.24 bits per heavy atom. The van der Waals surface area contributed by atoms with Gasteiger partial charge in [0.2, 0.25) is 0 Å². The Balaban J connectivity index is 2.66. The van der Waals surface area contributed by atoms with Gasteiger partial charge in [0, 0.05) is 30.8 Å². The van der Waals surface area contributed by atoms with Crippen LogP contribution >= 0.6 is 0 Å². The van der Waals surface area contributed by atoms with E-state index in [4.69, 9.17) is 10.5 Å². The highest BCUT2D eigenvalue weighted by molar-refractivity contribution is 5.84. The standard InChI is InChI=1S/C14H16N2O/c1-3-10-4-12-5-11(7-15)6-13(9-17-2)14(12)16-8-10/h3-6,8H,1,7,9,15H2,2H3. The monoisotopic (exact) mass is 228 g/mol. The summed E-state index contributed by atoms with van der Waals surface area (Å²) in [5.41, 5.74) is 9.83. The van der Waals surface area contributed by atoms with E-state index in [0.29, 0.717) is 13.2 Å². The van der Waals surface area contributed by atoms with Gasteiger partial charge in [0.1, 0.15) is 0 Å². The van der Waals surface area contributed by atoms with E-state index in [1.54, 1.807) is 13.2 Å². The average molecular weight is 228 g/mol. The van der Waals surface area contributed by atoms with Crippen LogP contribution in [-0.2, 0) is 17.9 Å². The van der Waals surface area contributed by atoms with Crippen molar-refractivity contribution < 1.29 is 4.74 Å². The van der Waals surface area contributed by atoms with E-state index >= 15 is 0 Å². The zero-order valence-electron chi connectivity index (χ0n) is 9.94. The van der Waals surface area contributed by atoms with Crippen molar-refractivity contribution >= 4 is 17.0 Å². The van der Waals surface area contributed by atoms with Gasteiger partial charge in [-0.1, -0.05) is 18.7 Å². The van der Waals surface area contributed by atoms with Crippen LogP contribution in [0.4, 0.5) is 0 Å². The third-order valence-electron chi connectivity index (χ3n) is 2.71. The fourth-order valence-corrected chi connectivity index (χ4v) is 1.91. The SMILES string of the molecule is C=Cc1cnc2c(COC)cc(CN)cc2c1. The molecule has 0 fully saturated rings. The number of nitrogens with two attached hydrogens (primary N) is 1. The van der Waals surface area contributed by atoms with Gasteiger partial charge in [0.15, 0.2) is 0 Å². The van der Waals surface area contributed by atoms with Gasteiger partial charge in [0.05, 0.1) is 12.1 Å². The minimum absolute atomic E-state index is 0.519. The van der Waals surface area contributed by atoms with Crippen molar-refractivity contribution in [3.63, 3.8) is 0 Å². The van der Waals surface area contributed by atoms with Crippen LogP contribution in [0.25, 0.3) is 17.0 Å². The van der Waals surface area contributed by atoms with E-state index in [1.807, 2.05) is 12.3 Å². The molecule has 1 aromatic heterocycles. The summed E-state index contributed by atoms with van der Waals surface area (Å²) in [6, 6.07) is 6.18. The lowest BCUT2D eigenvalue weighted by atomic mass is 10.0. The zero-order chi connectivity index (χ0) is 12.3. The number of ether oxygens (including phenoxy) is 1. The molecule has 2 rings (SSSR count). The molecule has 0 bridgehead atoms. The fraction of sp³-hybridized carbons (Fsp3) is 0.214. The van der Waals surface area contributed by atoms with Crippen LogP contribution < -0.4 is 5.73 Å². The van der Waals surface area contributed by atoms with E-state index in [9.17, 15) is 0 Å². The molecule has 1 heterocycles. The average Bonchev–Trinajstić information content (AvgIpc) is 2.38. The number of benzene rings is 1. The maximum absolute atomic E-state index is 5.70. The third kappa shape index (κ3) is 2.35. The normalized spacial score (nSPS) is 10.7. The summed E-state index contributed by atoms with van der Waals surface area (Å²) in [5, 5.41) is 1.08. The smallest absolute Gasteiger partial charge is 0.0757 e. The molecule has 88 valence electrons. The Hall–Kier alpha value is -1.71. The molecule has 0 aliphatic rings. The second kappa shape index (κ2) is 5.08. The van der Waals surface area contributed by atoms with Gasteiger partial charge >= 0.3 is 0 Å². The van der Waals surface area contributed by atoms with Gasteiger partial charge in [-0.2, -0.15) is 0 Å². The number of fused-ring (bicyclic) bond motifs is 1. The molecule has 0 aliphatic carbocycles. The van der Waals surface area contributed by atoms with E-state index in [0.717, 1.165) is 27.6 Å². The van der Waals surface area contributed by atoms with Crippen molar-refractivity contribution in [3.05, 3.63) is 47.7 Å². The highest BCUT2D eigenvalue weighted by atomic mass is 16.5. The van der Waals surface area contributed by atoms with Crippen LogP contribution in [0, 0.1) is 0 Å². The summed E-state index contributed by atoms with van der Waals surface area (Å²) in [5.74, 6) is 0. The van der Waals surface area contributed by atoms with Crippen LogP contribution in [0.15, 0.2) is 31.0 Å². The maximum atomic E-state index is 5.70. The number of hydrogen-bond acceptors (Lipinski definition) is 3. The molecule has 3 nitrogen and oxygen atoms in total. The van der Waals surface area contributed by atoms with Crippen molar-refractivity contribution in [2.75, 3.05) is 7.11 Å². The lowest BCUT2D eigenvalue weighted by Gasteiger charge is -2.08. The zero-order valence-corrected chi connectivity index (χ0v) is 9.94. The van der Waals surface area contributed by atoms with E-state index < -0.39 is 0 Å². The molecule has 0 amide bonds.